The Morgan fingerprint density at radius 3 is 2.62 bits per heavy atom. The Hall–Kier alpha value is -2.07. The van der Waals surface area contributed by atoms with Crippen LogP contribution in [0.4, 0.5) is 5.69 Å². The van der Waals surface area contributed by atoms with Gasteiger partial charge in [-0.2, -0.15) is 0 Å². The molecule has 0 saturated heterocycles. The predicted octanol–water partition coefficient (Wildman–Crippen LogP) is 3.54. The van der Waals surface area contributed by atoms with E-state index in [1.165, 1.54) is 18.7 Å². The number of carbonyl (C=O) groups is 2. The molecule has 0 saturated carbocycles. The number of carbonyl (C=O) groups excluding carboxylic acids is 2. The van der Waals surface area contributed by atoms with E-state index in [1.807, 2.05) is 48.5 Å². The summed E-state index contributed by atoms with van der Waals surface area (Å²) in [7, 11) is 0. The van der Waals surface area contributed by atoms with Crippen LogP contribution in [-0.4, -0.2) is 16.9 Å². The van der Waals surface area contributed by atoms with Crippen molar-refractivity contribution in [3.8, 4) is 0 Å². The average molecular weight is 297 g/mol. The number of thioether (sulfide) groups is 1. The number of fused-ring (bicyclic) bond motifs is 1. The van der Waals surface area contributed by atoms with Crippen LogP contribution >= 0.6 is 11.8 Å². The Labute approximate surface area is 127 Å². The molecule has 106 valence electrons. The summed E-state index contributed by atoms with van der Waals surface area (Å²) < 4.78 is 0. The summed E-state index contributed by atoms with van der Waals surface area (Å²) in [6.07, 6.45) is 0.744. The molecule has 0 aliphatic heterocycles. The van der Waals surface area contributed by atoms with Crippen LogP contribution in [-0.2, 0) is 11.2 Å². The molecule has 1 amide bonds. The second-order valence-corrected chi connectivity index (χ2v) is 6.25. The molecule has 3 nitrogen and oxygen atoms in total. The fourth-order valence-electron chi connectivity index (χ4n) is 2.52. The fraction of sp³-hybridized carbons (Fsp3) is 0.176. The van der Waals surface area contributed by atoms with E-state index in [2.05, 4.69) is 5.32 Å². The zero-order valence-corrected chi connectivity index (χ0v) is 12.4. The molecule has 0 aromatic heterocycles. The van der Waals surface area contributed by atoms with Gasteiger partial charge in [-0.25, -0.2) is 0 Å². The number of benzene rings is 2. The first-order valence-corrected chi connectivity index (χ1v) is 7.68. The maximum atomic E-state index is 12.4. The minimum absolute atomic E-state index is 0.107. The van der Waals surface area contributed by atoms with Gasteiger partial charge in [-0.3, -0.25) is 9.59 Å². The van der Waals surface area contributed by atoms with Gasteiger partial charge in [0.05, 0.1) is 10.9 Å². The van der Waals surface area contributed by atoms with Gasteiger partial charge in [-0.15, -0.1) is 11.8 Å². The van der Waals surface area contributed by atoms with Gasteiger partial charge in [0, 0.05) is 17.4 Å². The number of para-hydroxylation sites is 1. The van der Waals surface area contributed by atoms with Crippen LogP contribution in [0.15, 0.2) is 53.4 Å². The van der Waals surface area contributed by atoms with Crippen LogP contribution in [0.1, 0.15) is 22.8 Å². The summed E-state index contributed by atoms with van der Waals surface area (Å²) in [4.78, 5) is 24.6. The van der Waals surface area contributed by atoms with Crippen molar-refractivity contribution in [2.45, 2.75) is 23.5 Å². The Kier molecular flexibility index (Phi) is 3.80. The molecule has 0 bridgehead atoms. The molecule has 0 radical (unpaired) electrons. The molecule has 1 aliphatic rings. The molecule has 0 heterocycles. The minimum atomic E-state index is -0.114. The number of rotatable bonds is 3. The summed E-state index contributed by atoms with van der Waals surface area (Å²) >= 11 is 1.52. The molecule has 0 fully saturated rings. The van der Waals surface area contributed by atoms with Gasteiger partial charge in [0.1, 0.15) is 0 Å². The normalized spacial score (nSPS) is 16.6. The molecule has 2 aromatic carbocycles. The summed E-state index contributed by atoms with van der Waals surface area (Å²) in [5.74, 6) is 0.0670. The highest BCUT2D eigenvalue weighted by atomic mass is 32.2. The highest BCUT2D eigenvalue weighted by Gasteiger charge is 2.31. The summed E-state index contributed by atoms with van der Waals surface area (Å²) in [5, 5.41) is 2.70. The number of anilines is 1. The van der Waals surface area contributed by atoms with E-state index >= 15 is 0 Å². The summed E-state index contributed by atoms with van der Waals surface area (Å²) in [5.41, 5.74) is 2.70. The molecule has 2 aromatic rings. The van der Waals surface area contributed by atoms with E-state index in [-0.39, 0.29) is 16.9 Å². The average Bonchev–Trinajstić information content (AvgIpc) is 2.78. The van der Waals surface area contributed by atoms with Crippen LogP contribution < -0.4 is 5.32 Å². The molecular weight excluding hydrogens is 282 g/mol. The molecule has 21 heavy (non-hydrogen) atoms. The van der Waals surface area contributed by atoms with E-state index in [9.17, 15) is 9.59 Å². The fourth-order valence-corrected chi connectivity index (χ4v) is 3.72. The van der Waals surface area contributed by atoms with Crippen LogP contribution in [0.2, 0.25) is 0 Å². The molecule has 1 N–H and O–H groups in total. The molecule has 4 heteroatoms. The number of ketones is 1. The lowest BCUT2D eigenvalue weighted by Crippen LogP contribution is -2.12. The van der Waals surface area contributed by atoms with Gasteiger partial charge in [0.25, 0.3) is 0 Å². The van der Waals surface area contributed by atoms with E-state index in [4.69, 9.17) is 0 Å². The third-order valence-electron chi connectivity index (χ3n) is 3.45. The second-order valence-electron chi connectivity index (χ2n) is 5.01. The molecule has 1 atom stereocenters. The predicted molar refractivity (Wildman–Crippen MR) is 84.9 cm³/mol. The van der Waals surface area contributed by atoms with E-state index in [1.54, 1.807) is 0 Å². The Balaban J connectivity index is 1.83. The third kappa shape index (κ3) is 2.85. The van der Waals surface area contributed by atoms with Crippen LogP contribution in [0, 0.1) is 0 Å². The van der Waals surface area contributed by atoms with Crippen molar-refractivity contribution in [1.29, 1.82) is 0 Å². The van der Waals surface area contributed by atoms with Gasteiger partial charge >= 0.3 is 0 Å². The van der Waals surface area contributed by atoms with Gasteiger partial charge in [0.2, 0.25) is 5.91 Å². The van der Waals surface area contributed by atoms with Crippen molar-refractivity contribution in [1.82, 2.24) is 0 Å². The number of hydrogen-bond donors (Lipinski definition) is 1. The quantitative estimate of drug-likeness (QED) is 0.942. The summed E-state index contributed by atoms with van der Waals surface area (Å²) in [6, 6.07) is 15.3. The van der Waals surface area contributed by atoms with E-state index in [0.717, 1.165) is 28.1 Å². The van der Waals surface area contributed by atoms with Gasteiger partial charge in [-0.05, 0) is 24.1 Å². The maximum Gasteiger partial charge on any atom is 0.221 e. The smallest absolute Gasteiger partial charge is 0.221 e. The minimum Gasteiger partial charge on any atom is -0.325 e. The lowest BCUT2D eigenvalue weighted by Gasteiger charge is -2.12. The first-order valence-electron chi connectivity index (χ1n) is 6.80. The lowest BCUT2D eigenvalue weighted by molar-refractivity contribution is -0.114. The van der Waals surface area contributed by atoms with Crippen LogP contribution in [0.5, 0.6) is 0 Å². The zero-order valence-electron chi connectivity index (χ0n) is 11.6. The number of amides is 1. The largest absolute Gasteiger partial charge is 0.325 e. The highest BCUT2D eigenvalue weighted by Crippen LogP contribution is 2.37. The monoisotopic (exact) mass is 297 g/mol. The molecular formula is C17H15NO2S. The first-order chi connectivity index (χ1) is 10.1. The van der Waals surface area contributed by atoms with E-state index in [0.29, 0.717) is 0 Å². The Bertz CT molecular complexity index is 711. The number of hydrogen-bond acceptors (Lipinski definition) is 3. The molecule has 1 aliphatic carbocycles. The van der Waals surface area contributed by atoms with E-state index < -0.39 is 0 Å². The van der Waals surface area contributed by atoms with Gasteiger partial charge in [0.15, 0.2) is 5.78 Å². The highest BCUT2D eigenvalue weighted by molar-refractivity contribution is 8.00. The third-order valence-corrected chi connectivity index (χ3v) is 4.72. The van der Waals surface area contributed by atoms with Crippen molar-refractivity contribution >= 4 is 29.1 Å². The molecule has 1 unspecified atom stereocenters. The first kappa shape index (κ1) is 13.9. The Morgan fingerprint density at radius 2 is 1.86 bits per heavy atom. The molecule has 3 rings (SSSR count). The zero-order chi connectivity index (χ0) is 14.8. The molecule has 0 spiro atoms. The van der Waals surface area contributed by atoms with Gasteiger partial charge < -0.3 is 5.32 Å². The SMILES string of the molecule is CC(=O)Nc1ccccc1SC1Cc2ccccc2C1=O. The van der Waals surface area contributed by atoms with Crippen molar-refractivity contribution in [2.75, 3.05) is 5.32 Å². The maximum absolute atomic E-state index is 12.4. The second kappa shape index (κ2) is 5.74. The van der Waals surface area contributed by atoms with Crippen LogP contribution in [0.25, 0.3) is 0 Å². The van der Waals surface area contributed by atoms with Crippen LogP contribution in [0.3, 0.4) is 0 Å². The standard InChI is InChI=1S/C17H15NO2S/c1-11(19)18-14-8-4-5-9-15(14)21-16-10-12-6-2-3-7-13(12)17(16)20/h2-9,16H,10H2,1H3,(H,18,19). The van der Waals surface area contributed by atoms with Crippen molar-refractivity contribution in [3.05, 3.63) is 59.7 Å². The lowest BCUT2D eigenvalue weighted by atomic mass is 10.1. The van der Waals surface area contributed by atoms with Gasteiger partial charge in [-0.1, -0.05) is 36.4 Å². The van der Waals surface area contributed by atoms with Crippen molar-refractivity contribution in [2.24, 2.45) is 0 Å². The topological polar surface area (TPSA) is 46.2 Å². The van der Waals surface area contributed by atoms with Crippen molar-refractivity contribution < 1.29 is 9.59 Å². The Morgan fingerprint density at radius 1 is 1.14 bits per heavy atom. The van der Waals surface area contributed by atoms with Crippen molar-refractivity contribution in [3.63, 3.8) is 0 Å². The summed E-state index contributed by atoms with van der Waals surface area (Å²) in [6.45, 7) is 1.48. The number of nitrogens with one attached hydrogen (secondary N) is 1. The number of Topliss-reactive ketones (excluding diaryl/α,β-unsaturated/α-hetero) is 1.